The van der Waals surface area contributed by atoms with Gasteiger partial charge in [0.25, 0.3) is 5.91 Å². The molecule has 25 heavy (non-hydrogen) atoms. The van der Waals surface area contributed by atoms with Gasteiger partial charge in [-0.15, -0.1) is 0 Å². The molecule has 3 rings (SSSR count). The number of likely N-dealkylation sites (tertiary alicyclic amines) is 1. The largest absolute Gasteiger partial charge is 0.396 e. The predicted octanol–water partition coefficient (Wildman–Crippen LogP) is 2.00. The van der Waals surface area contributed by atoms with Crippen LogP contribution >= 0.6 is 0 Å². The zero-order valence-electron chi connectivity index (χ0n) is 15.2. The summed E-state index contributed by atoms with van der Waals surface area (Å²) in [7, 11) is 2.11. The lowest BCUT2D eigenvalue weighted by Gasteiger charge is -2.40. The van der Waals surface area contributed by atoms with Crippen molar-refractivity contribution < 1.29 is 14.6 Å². The molecule has 2 aliphatic rings. The van der Waals surface area contributed by atoms with E-state index in [9.17, 15) is 4.79 Å². The highest BCUT2D eigenvalue weighted by Crippen LogP contribution is 2.38. The van der Waals surface area contributed by atoms with Gasteiger partial charge in [-0.2, -0.15) is 0 Å². The van der Waals surface area contributed by atoms with E-state index in [0.717, 1.165) is 57.3 Å². The molecule has 1 atom stereocenters. The summed E-state index contributed by atoms with van der Waals surface area (Å²) in [6, 6.07) is 10.5. The Hall–Kier alpha value is -1.43. The number of benzene rings is 1. The summed E-state index contributed by atoms with van der Waals surface area (Å²) in [6.07, 6.45) is 4.48. The Morgan fingerprint density at radius 2 is 2.04 bits per heavy atom. The maximum Gasteiger partial charge on any atom is 0.259 e. The fourth-order valence-corrected chi connectivity index (χ4v) is 4.13. The summed E-state index contributed by atoms with van der Waals surface area (Å²) in [4.78, 5) is 17.6. The van der Waals surface area contributed by atoms with Crippen LogP contribution in [0.2, 0.25) is 0 Å². The van der Waals surface area contributed by atoms with Crippen molar-refractivity contribution in [3.8, 4) is 0 Å². The van der Waals surface area contributed by atoms with Crippen molar-refractivity contribution in [1.82, 2.24) is 9.80 Å². The molecule has 0 aliphatic carbocycles. The number of carbonyl (C=O) groups excluding carboxylic acids is 1. The van der Waals surface area contributed by atoms with Crippen LogP contribution in [0.15, 0.2) is 30.3 Å². The van der Waals surface area contributed by atoms with Crippen molar-refractivity contribution in [3.05, 3.63) is 35.9 Å². The first-order valence-corrected chi connectivity index (χ1v) is 9.47. The number of aliphatic hydroxyl groups is 1. The van der Waals surface area contributed by atoms with Crippen LogP contribution in [0, 0.1) is 0 Å². The summed E-state index contributed by atoms with van der Waals surface area (Å²) in [5, 5.41) is 8.99. The number of ether oxygens (including phenoxy) is 1. The first-order chi connectivity index (χ1) is 12.2. The fourth-order valence-electron chi connectivity index (χ4n) is 4.13. The second kappa shape index (κ2) is 8.30. The summed E-state index contributed by atoms with van der Waals surface area (Å²) in [5.74, 6) is 0.132. The molecular formula is C20H30N2O3. The standard InChI is InChI=1S/C20H30N2O3/c1-21(12-6-15-23)18-9-13-22(14-10-18)19(24)20(11-5-16-25-20)17-7-3-2-4-8-17/h2-4,7-8,18,23H,5-6,9-16H2,1H3. The van der Waals surface area contributed by atoms with Gasteiger partial charge in [0, 0.05) is 38.9 Å². The monoisotopic (exact) mass is 346 g/mol. The second-order valence-corrected chi connectivity index (χ2v) is 7.23. The quantitative estimate of drug-likeness (QED) is 0.856. The van der Waals surface area contributed by atoms with Crippen molar-refractivity contribution in [3.63, 3.8) is 0 Å². The van der Waals surface area contributed by atoms with Crippen LogP contribution in [0.3, 0.4) is 0 Å². The molecule has 5 nitrogen and oxygen atoms in total. The predicted molar refractivity (Wildman–Crippen MR) is 97.2 cm³/mol. The summed E-state index contributed by atoms with van der Waals surface area (Å²) < 4.78 is 6.04. The van der Waals surface area contributed by atoms with Gasteiger partial charge < -0.3 is 19.6 Å². The van der Waals surface area contributed by atoms with Gasteiger partial charge in [0.15, 0.2) is 5.60 Å². The number of rotatable bonds is 6. The van der Waals surface area contributed by atoms with Gasteiger partial charge in [0.05, 0.1) is 0 Å². The molecule has 1 aromatic rings. The third kappa shape index (κ3) is 3.89. The van der Waals surface area contributed by atoms with Crippen molar-refractivity contribution in [2.75, 3.05) is 39.9 Å². The van der Waals surface area contributed by atoms with Gasteiger partial charge in [-0.1, -0.05) is 30.3 Å². The van der Waals surface area contributed by atoms with E-state index in [-0.39, 0.29) is 12.5 Å². The number of piperidine rings is 1. The van der Waals surface area contributed by atoms with Crippen LogP contribution in [0.1, 0.15) is 37.7 Å². The van der Waals surface area contributed by atoms with E-state index >= 15 is 0 Å². The zero-order chi connectivity index (χ0) is 17.7. The summed E-state index contributed by atoms with van der Waals surface area (Å²) in [6.45, 7) is 3.36. The molecule has 1 amide bonds. The molecule has 2 fully saturated rings. The average molecular weight is 346 g/mol. The summed E-state index contributed by atoms with van der Waals surface area (Å²) >= 11 is 0. The third-order valence-corrected chi connectivity index (χ3v) is 5.65. The van der Waals surface area contributed by atoms with Crippen molar-refractivity contribution >= 4 is 5.91 Å². The molecule has 0 radical (unpaired) electrons. The zero-order valence-corrected chi connectivity index (χ0v) is 15.2. The molecule has 0 bridgehead atoms. The molecule has 138 valence electrons. The van der Waals surface area contributed by atoms with Crippen molar-refractivity contribution in [1.29, 1.82) is 0 Å². The third-order valence-electron chi connectivity index (χ3n) is 5.65. The van der Waals surface area contributed by atoms with E-state index in [0.29, 0.717) is 12.6 Å². The lowest BCUT2D eigenvalue weighted by atomic mass is 9.88. The number of amides is 1. The van der Waals surface area contributed by atoms with E-state index in [1.54, 1.807) is 0 Å². The SMILES string of the molecule is CN(CCCO)C1CCN(C(=O)C2(c3ccccc3)CCCO2)CC1. The van der Waals surface area contributed by atoms with Crippen LogP contribution < -0.4 is 0 Å². The lowest BCUT2D eigenvalue weighted by molar-refractivity contribution is -0.156. The Morgan fingerprint density at radius 3 is 2.64 bits per heavy atom. The first-order valence-electron chi connectivity index (χ1n) is 9.47. The van der Waals surface area contributed by atoms with Crippen LogP contribution in [0.4, 0.5) is 0 Å². The molecule has 2 saturated heterocycles. The van der Waals surface area contributed by atoms with E-state index < -0.39 is 5.60 Å². The van der Waals surface area contributed by atoms with Gasteiger partial charge in [-0.3, -0.25) is 4.79 Å². The maximum absolute atomic E-state index is 13.3. The molecule has 2 aliphatic heterocycles. The average Bonchev–Trinajstić information content (AvgIpc) is 3.17. The highest BCUT2D eigenvalue weighted by molar-refractivity contribution is 5.87. The molecule has 0 aromatic heterocycles. The minimum atomic E-state index is -0.781. The summed E-state index contributed by atoms with van der Waals surface area (Å²) in [5.41, 5.74) is 0.205. The minimum Gasteiger partial charge on any atom is -0.396 e. The van der Waals surface area contributed by atoms with E-state index in [1.807, 2.05) is 35.2 Å². The highest BCUT2D eigenvalue weighted by atomic mass is 16.5. The van der Waals surface area contributed by atoms with Gasteiger partial charge in [0.2, 0.25) is 0 Å². The van der Waals surface area contributed by atoms with Gasteiger partial charge in [-0.05, 0) is 44.7 Å². The van der Waals surface area contributed by atoms with E-state index in [4.69, 9.17) is 9.84 Å². The van der Waals surface area contributed by atoms with Crippen LogP contribution in [0.25, 0.3) is 0 Å². The number of nitrogens with zero attached hydrogens (tertiary/aromatic N) is 2. The molecule has 2 heterocycles. The van der Waals surface area contributed by atoms with Gasteiger partial charge >= 0.3 is 0 Å². The lowest BCUT2D eigenvalue weighted by Crippen LogP contribution is -2.52. The molecule has 1 unspecified atom stereocenters. The number of hydrogen-bond acceptors (Lipinski definition) is 4. The fraction of sp³-hybridized carbons (Fsp3) is 0.650. The molecular weight excluding hydrogens is 316 g/mol. The van der Waals surface area contributed by atoms with Crippen LogP contribution in [0.5, 0.6) is 0 Å². The molecule has 1 N–H and O–H groups in total. The Balaban J connectivity index is 1.65. The highest BCUT2D eigenvalue weighted by Gasteiger charge is 2.47. The number of carbonyl (C=O) groups is 1. The van der Waals surface area contributed by atoms with Crippen LogP contribution in [-0.2, 0) is 15.1 Å². The Labute approximate surface area is 150 Å². The van der Waals surface area contributed by atoms with Crippen molar-refractivity contribution in [2.24, 2.45) is 0 Å². The van der Waals surface area contributed by atoms with Gasteiger partial charge in [0.1, 0.15) is 0 Å². The molecule has 5 heteroatoms. The van der Waals surface area contributed by atoms with Crippen molar-refractivity contribution in [2.45, 2.75) is 43.7 Å². The molecule has 0 saturated carbocycles. The van der Waals surface area contributed by atoms with Crippen LogP contribution in [-0.4, -0.2) is 66.8 Å². The van der Waals surface area contributed by atoms with E-state index in [2.05, 4.69) is 11.9 Å². The van der Waals surface area contributed by atoms with E-state index in [1.165, 1.54) is 0 Å². The Morgan fingerprint density at radius 1 is 1.32 bits per heavy atom. The number of aliphatic hydroxyl groups excluding tert-OH is 1. The Kier molecular flexibility index (Phi) is 6.10. The maximum atomic E-state index is 13.3. The molecule has 0 spiro atoms. The second-order valence-electron chi connectivity index (χ2n) is 7.23. The normalized spacial score (nSPS) is 24.8. The molecule has 1 aromatic carbocycles. The van der Waals surface area contributed by atoms with Gasteiger partial charge in [-0.25, -0.2) is 0 Å². The first kappa shape index (κ1) is 18.4. The smallest absolute Gasteiger partial charge is 0.259 e. The number of hydrogen-bond donors (Lipinski definition) is 1. The Bertz CT molecular complexity index is 549. The minimum absolute atomic E-state index is 0.132. The topological polar surface area (TPSA) is 53.0 Å².